The highest BCUT2D eigenvalue weighted by atomic mass is 32.1. The molecule has 0 aliphatic carbocycles. The van der Waals surface area contributed by atoms with E-state index in [2.05, 4.69) is 27.3 Å². The molecule has 0 aromatic carbocycles. The van der Waals surface area contributed by atoms with Crippen LogP contribution in [-0.2, 0) is 11.3 Å². The van der Waals surface area contributed by atoms with E-state index in [1.807, 2.05) is 4.90 Å². The van der Waals surface area contributed by atoms with E-state index in [0.717, 1.165) is 52.1 Å². The van der Waals surface area contributed by atoms with Crippen molar-refractivity contribution in [2.45, 2.75) is 25.4 Å². The number of aliphatic hydroxyl groups excluding tert-OH is 1. The number of thiophene rings is 1. The van der Waals surface area contributed by atoms with Gasteiger partial charge in [-0.05, 0) is 30.8 Å². The molecule has 0 radical (unpaired) electrons. The fourth-order valence-electron chi connectivity index (χ4n) is 3.36. The summed E-state index contributed by atoms with van der Waals surface area (Å²) in [6.45, 7) is 6.12. The van der Waals surface area contributed by atoms with Crippen molar-refractivity contribution < 1.29 is 9.90 Å². The molecular weight excluding hydrogens is 298 g/mol. The highest BCUT2D eigenvalue weighted by Gasteiger charge is 2.28. The molecule has 3 heterocycles. The van der Waals surface area contributed by atoms with Gasteiger partial charge in [-0.3, -0.25) is 14.6 Å². The first-order valence-electron chi connectivity index (χ1n) is 8.13. The van der Waals surface area contributed by atoms with Gasteiger partial charge in [0.1, 0.15) is 0 Å². The molecule has 22 heavy (non-hydrogen) atoms. The molecule has 3 rings (SSSR count). The molecule has 0 bridgehead atoms. The molecular formula is C16H25N3O2S. The Labute approximate surface area is 136 Å². The van der Waals surface area contributed by atoms with Crippen molar-refractivity contribution in [1.29, 1.82) is 0 Å². The standard InChI is InChI=1S/C16H25N3O2S/c20-13-14-3-1-5-19(14)12-16(21)18-8-6-17(7-9-18)11-15-4-2-10-22-15/h2,4,10,14,20H,1,3,5-9,11-13H2/t14-/m1/s1. The minimum absolute atomic E-state index is 0.169. The molecule has 2 saturated heterocycles. The SMILES string of the molecule is O=C(CN1CCC[C@@H]1CO)N1CCN(Cc2cccs2)CC1. The predicted octanol–water partition coefficient (Wildman–Crippen LogP) is 0.849. The summed E-state index contributed by atoms with van der Waals surface area (Å²) < 4.78 is 0. The second-order valence-electron chi connectivity index (χ2n) is 6.19. The number of piperazine rings is 1. The van der Waals surface area contributed by atoms with Gasteiger partial charge in [0.05, 0.1) is 13.2 Å². The highest BCUT2D eigenvalue weighted by Crippen LogP contribution is 2.17. The lowest BCUT2D eigenvalue weighted by molar-refractivity contribution is -0.134. The van der Waals surface area contributed by atoms with Gasteiger partial charge in [0.2, 0.25) is 5.91 Å². The normalized spacial score (nSPS) is 24.0. The quantitative estimate of drug-likeness (QED) is 0.873. The van der Waals surface area contributed by atoms with Crippen molar-refractivity contribution in [3.8, 4) is 0 Å². The van der Waals surface area contributed by atoms with Crippen LogP contribution in [0, 0.1) is 0 Å². The van der Waals surface area contributed by atoms with Gasteiger partial charge in [-0.2, -0.15) is 0 Å². The van der Waals surface area contributed by atoms with Crippen LogP contribution in [0.3, 0.4) is 0 Å². The third-order valence-electron chi connectivity index (χ3n) is 4.73. The summed E-state index contributed by atoms with van der Waals surface area (Å²) in [6, 6.07) is 4.45. The first-order chi connectivity index (χ1) is 10.8. The Morgan fingerprint density at radius 1 is 1.27 bits per heavy atom. The average molecular weight is 323 g/mol. The lowest BCUT2D eigenvalue weighted by Gasteiger charge is -2.35. The van der Waals surface area contributed by atoms with E-state index in [-0.39, 0.29) is 18.6 Å². The zero-order valence-electron chi connectivity index (χ0n) is 13.0. The monoisotopic (exact) mass is 323 g/mol. The van der Waals surface area contributed by atoms with Crippen LogP contribution in [0.1, 0.15) is 17.7 Å². The number of likely N-dealkylation sites (tertiary alicyclic amines) is 1. The first kappa shape index (κ1) is 15.9. The summed E-state index contributed by atoms with van der Waals surface area (Å²) in [5.74, 6) is 0.219. The molecule has 5 nitrogen and oxygen atoms in total. The number of carbonyl (C=O) groups excluding carboxylic acids is 1. The molecule has 6 heteroatoms. The second-order valence-corrected chi connectivity index (χ2v) is 7.22. The van der Waals surface area contributed by atoms with Crippen LogP contribution in [0.15, 0.2) is 17.5 Å². The van der Waals surface area contributed by atoms with Crippen molar-refractivity contribution in [3.05, 3.63) is 22.4 Å². The van der Waals surface area contributed by atoms with E-state index in [9.17, 15) is 9.90 Å². The van der Waals surface area contributed by atoms with Crippen molar-refractivity contribution in [1.82, 2.24) is 14.7 Å². The summed E-state index contributed by atoms with van der Waals surface area (Å²) >= 11 is 1.80. The van der Waals surface area contributed by atoms with Gasteiger partial charge in [0.25, 0.3) is 0 Å². The lowest BCUT2D eigenvalue weighted by atomic mass is 10.2. The molecule has 122 valence electrons. The Morgan fingerprint density at radius 3 is 2.77 bits per heavy atom. The number of carbonyl (C=O) groups is 1. The molecule has 1 amide bonds. The van der Waals surface area contributed by atoms with Gasteiger partial charge in [-0.25, -0.2) is 0 Å². The van der Waals surface area contributed by atoms with Crippen LogP contribution in [0.4, 0.5) is 0 Å². The van der Waals surface area contributed by atoms with Gasteiger partial charge < -0.3 is 10.0 Å². The molecule has 1 aromatic rings. The van der Waals surface area contributed by atoms with Crippen LogP contribution < -0.4 is 0 Å². The Bertz CT molecular complexity index is 472. The number of hydrogen-bond acceptors (Lipinski definition) is 5. The highest BCUT2D eigenvalue weighted by molar-refractivity contribution is 7.09. The van der Waals surface area contributed by atoms with Crippen molar-refractivity contribution in [2.75, 3.05) is 45.9 Å². The first-order valence-corrected chi connectivity index (χ1v) is 9.01. The molecule has 1 aromatic heterocycles. The maximum absolute atomic E-state index is 12.4. The summed E-state index contributed by atoms with van der Waals surface area (Å²) in [5, 5.41) is 11.5. The van der Waals surface area contributed by atoms with Crippen molar-refractivity contribution in [3.63, 3.8) is 0 Å². The largest absolute Gasteiger partial charge is 0.395 e. The summed E-state index contributed by atoms with van der Waals surface area (Å²) in [7, 11) is 0. The van der Waals surface area contributed by atoms with Gasteiger partial charge >= 0.3 is 0 Å². The minimum Gasteiger partial charge on any atom is -0.395 e. The van der Waals surface area contributed by atoms with E-state index >= 15 is 0 Å². The van der Waals surface area contributed by atoms with Crippen LogP contribution in [-0.4, -0.2) is 77.6 Å². The summed E-state index contributed by atoms with van der Waals surface area (Å²) in [6.07, 6.45) is 2.10. The predicted molar refractivity (Wildman–Crippen MR) is 87.9 cm³/mol. The minimum atomic E-state index is 0.169. The zero-order valence-corrected chi connectivity index (χ0v) is 13.8. The maximum atomic E-state index is 12.4. The molecule has 1 N–H and O–H groups in total. The fourth-order valence-corrected chi connectivity index (χ4v) is 4.11. The van der Waals surface area contributed by atoms with Gasteiger partial charge in [0.15, 0.2) is 0 Å². The molecule has 0 spiro atoms. The zero-order chi connectivity index (χ0) is 15.4. The smallest absolute Gasteiger partial charge is 0.236 e. The molecule has 0 saturated carbocycles. The average Bonchev–Trinajstić information content (AvgIpc) is 3.19. The number of rotatable bonds is 5. The molecule has 0 unspecified atom stereocenters. The topological polar surface area (TPSA) is 47.0 Å². The summed E-state index contributed by atoms with van der Waals surface area (Å²) in [5.41, 5.74) is 0. The Hall–Kier alpha value is -0.950. The molecule has 1 atom stereocenters. The summed E-state index contributed by atoms with van der Waals surface area (Å²) in [4.78, 5) is 20.4. The third-order valence-corrected chi connectivity index (χ3v) is 5.59. The van der Waals surface area contributed by atoms with E-state index in [0.29, 0.717) is 6.54 Å². The molecule has 2 fully saturated rings. The van der Waals surface area contributed by atoms with Gasteiger partial charge in [0, 0.05) is 43.6 Å². The Balaban J connectivity index is 1.43. The van der Waals surface area contributed by atoms with Gasteiger partial charge in [-0.15, -0.1) is 11.3 Å². The number of amides is 1. The van der Waals surface area contributed by atoms with Crippen molar-refractivity contribution >= 4 is 17.2 Å². The third kappa shape index (κ3) is 3.87. The van der Waals surface area contributed by atoms with E-state index in [1.54, 1.807) is 11.3 Å². The van der Waals surface area contributed by atoms with Crippen LogP contribution >= 0.6 is 11.3 Å². The van der Waals surface area contributed by atoms with Crippen LogP contribution in [0.25, 0.3) is 0 Å². The lowest BCUT2D eigenvalue weighted by Crippen LogP contribution is -2.51. The number of aliphatic hydroxyl groups is 1. The van der Waals surface area contributed by atoms with Crippen molar-refractivity contribution in [2.24, 2.45) is 0 Å². The molecule has 2 aliphatic heterocycles. The number of hydrogen-bond donors (Lipinski definition) is 1. The van der Waals surface area contributed by atoms with E-state index in [1.165, 1.54) is 4.88 Å². The number of nitrogens with zero attached hydrogens (tertiary/aromatic N) is 3. The van der Waals surface area contributed by atoms with E-state index in [4.69, 9.17) is 0 Å². The second kappa shape index (κ2) is 7.55. The molecule has 2 aliphatic rings. The van der Waals surface area contributed by atoms with Gasteiger partial charge in [-0.1, -0.05) is 6.07 Å². The maximum Gasteiger partial charge on any atom is 0.236 e. The fraction of sp³-hybridized carbons (Fsp3) is 0.688. The Morgan fingerprint density at radius 2 is 2.09 bits per heavy atom. The van der Waals surface area contributed by atoms with Crippen LogP contribution in [0.5, 0.6) is 0 Å². The van der Waals surface area contributed by atoms with E-state index < -0.39 is 0 Å². The Kier molecular flexibility index (Phi) is 5.46. The van der Waals surface area contributed by atoms with Crippen LogP contribution in [0.2, 0.25) is 0 Å².